The van der Waals surface area contributed by atoms with Gasteiger partial charge < -0.3 is 0 Å². The molecule has 0 bridgehead atoms. The van der Waals surface area contributed by atoms with E-state index in [-0.39, 0.29) is 16.5 Å². The number of aliphatic imine (C=N–C) groups is 2. The average molecular weight is 876 g/mol. The van der Waals surface area contributed by atoms with E-state index >= 15 is 0 Å². The largest absolute Gasteiger partial charge is 0.250 e. The Morgan fingerprint density at radius 2 is 0.803 bits per heavy atom. The van der Waals surface area contributed by atoms with E-state index in [1.54, 1.807) is 0 Å². The molecular formula is C58H92N2Ni. The van der Waals surface area contributed by atoms with Crippen LogP contribution in [0, 0.1) is 11.8 Å². The number of rotatable bonds is 38. The third-order valence-electron chi connectivity index (χ3n) is 11.8. The second-order valence-corrected chi connectivity index (χ2v) is 17.5. The van der Waals surface area contributed by atoms with Gasteiger partial charge in [-0.15, -0.1) is 0 Å². The van der Waals surface area contributed by atoms with Crippen LogP contribution in [-0.4, -0.2) is 11.4 Å². The number of benzene rings is 2. The molecule has 0 saturated heterocycles. The Balaban J connectivity index is 0.0000186. The molecule has 0 heterocycles. The van der Waals surface area contributed by atoms with Gasteiger partial charge in [0, 0.05) is 22.9 Å². The van der Waals surface area contributed by atoms with E-state index in [2.05, 4.69) is 112 Å². The van der Waals surface area contributed by atoms with E-state index in [0.29, 0.717) is 0 Å². The summed E-state index contributed by atoms with van der Waals surface area (Å²) < 4.78 is 0. The van der Waals surface area contributed by atoms with Crippen LogP contribution >= 0.6 is 0 Å². The standard InChI is InChI=1S/C58H92N2.Ni/c1-5-9-13-16-18-20-22-24-26-28-30-32-34-36-38-45-53-47-41-43-50-55(53)59-57(49-12-8-4)58(52-40-15-11-7-3)60-56-51-44-42-48-54(56)46-39-37-35-33-31-29-27-25-23-21-19-17-14-10-6-2;/h32-35,41-44,47-48,50-51H,5-31,36-39,45-46,49H2,1-4H3;/b34-32+,35-33+,59-57?,60-58?;. The second-order valence-electron chi connectivity index (χ2n) is 17.5. The van der Waals surface area contributed by atoms with E-state index in [4.69, 9.17) is 9.98 Å². The minimum atomic E-state index is 0. The maximum Gasteiger partial charge on any atom is 0.135 e. The maximum atomic E-state index is 5.41. The van der Waals surface area contributed by atoms with Crippen molar-refractivity contribution in [1.29, 1.82) is 0 Å². The minimum Gasteiger partial charge on any atom is -0.250 e. The fourth-order valence-electron chi connectivity index (χ4n) is 7.87. The van der Waals surface area contributed by atoms with Gasteiger partial charge in [0.05, 0.1) is 17.1 Å². The number of aryl methyl sites for hydroxylation is 2. The van der Waals surface area contributed by atoms with Crippen molar-refractivity contribution >= 4 is 22.8 Å². The van der Waals surface area contributed by atoms with Crippen molar-refractivity contribution in [2.45, 2.75) is 246 Å². The van der Waals surface area contributed by atoms with Crippen LogP contribution in [0.2, 0.25) is 0 Å². The Kier molecular flexibility index (Phi) is 39.3. The van der Waals surface area contributed by atoms with Crippen molar-refractivity contribution in [3.8, 4) is 11.8 Å². The molecule has 0 radical (unpaired) electrons. The van der Waals surface area contributed by atoms with Crippen molar-refractivity contribution in [3.63, 3.8) is 0 Å². The summed E-state index contributed by atoms with van der Waals surface area (Å²) in [5, 5.41) is 0. The Hall–Kier alpha value is -2.69. The number of hydrogen-bond acceptors (Lipinski definition) is 2. The van der Waals surface area contributed by atoms with Gasteiger partial charge in [0.2, 0.25) is 0 Å². The van der Waals surface area contributed by atoms with Crippen LogP contribution in [0.25, 0.3) is 0 Å². The second kappa shape index (κ2) is 42.6. The molecule has 0 aliphatic heterocycles. The molecule has 0 unspecified atom stereocenters. The van der Waals surface area contributed by atoms with Crippen molar-refractivity contribution < 1.29 is 16.5 Å². The van der Waals surface area contributed by atoms with Crippen LogP contribution in [0.5, 0.6) is 0 Å². The first kappa shape index (κ1) is 56.3. The smallest absolute Gasteiger partial charge is 0.135 e. The number of allylic oxidation sites excluding steroid dienone is 4. The van der Waals surface area contributed by atoms with Crippen molar-refractivity contribution in [3.05, 3.63) is 84.0 Å². The summed E-state index contributed by atoms with van der Waals surface area (Å²) in [6.45, 7) is 9.10. The van der Waals surface area contributed by atoms with E-state index in [0.717, 1.165) is 99.8 Å². The van der Waals surface area contributed by atoms with Gasteiger partial charge in [-0.25, -0.2) is 4.99 Å². The van der Waals surface area contributed by atoms with E-state index in [9.17, 15) is 0 Å². The molecule has 61 heavy (non-hydrogen) atoms. The molecule has 0 spiro atoms. The fourth-order valence-corrected chi connectivity index (χ4v) is 7.87. The van der Waals surface area contributed by atoms with E-state index in [1.807, 2.05) is 0 Å². The third-order valence-corrected chi connectivity index (χ3v) is 11.8. The van der Waals surface area contributed by atoms with E-state index < -0.39 is 0 Å². The summed E-state index contributed by atoms with van der Waals surface area (Å²) in [4.78, 5) is 10.8. The molecule has 0 saturated carbocycles. The molecule has 2 aromatic rings. The monoisotopic (exact) mass is 875 g/mol. The predicted molar refractivity (Wildman–Crippen MR) is 271 cm³/mol. The first-order chi connectivity index (χ1) is 29.7. The Bertz CT molecular complexity index is 1490. The molecule has 344 valence electrons. The molecule has 0 amide bonds. The van der Waals surface area contributed by atoms with Crippen LogP contribution in [0.15, 0.2) is 82.8 Å². The molecule has 0 aliphatic rings. The number of hydrogen-bond donors (Lipinski definition) is 0. The zero-order valence-electron chi connectivity index (χ0n) is 40.2. The molecule has 2 rings (SSSR count). The molecule has 3 heteroatoms. The van der Waals surface area contributed by atoms with Gasteiger partial charge in [-0.1, -0.05) is 223 Å². The van der Waals surface area contributed by atoms with Crippen LogP contribution < -0.4 is 0 Å². The van der Waals surface area contributed by atoms with Crippen LogP contribution in [0.3, 0.4) is 0 Å². The summed E-state index contributed by atoms with van der Waals surface area (Å²) in [7, 11) is 0. The quantitative estimate of drug-likeness (QED) is 0.0211. The first-order valence-corrected chi connectivity index (χ1v) is 25.8. The van der Waals surface area contributed by atoms with Crippen molar-refractivity contribution in [2.75, 3.05) is 0 Å². The van der Waals surface area contributed by atoms with Crippen LogP contribution in [0.4, 0.5) is 11.4 Å². The van der Waals surface area contributed by atoms with Gasteiger partial charge in [0.15, 0.2) is 0 Å². The SMILES string of the molecule is CCCCC#CC(=Nc1ccccc1CCC/C=C/CCCCCCCCCCCC)C(CCCC)=Nc1ccccc1CCC/C=C/CCCCCCCCCCCC.[Ni]. The first-order valence-electron chi connectivity index (χ1n) is 25.8. The molecule has 0 aromatic heterocycles. The Labute approximate surface area is 389 Å². The number of unbranched alkanes of at least 4 members (excludes halogenated alkanes) is 25. The maximum absolute atomic E-state index is 5.41. The van der Waals surface area contributed by atoms with Gasteiger partial charge in [-0.2, -0.15) is 0 Å². The topological polar surface area (TPSA) is 24.7 Å². The van der Waals surface area contributed by atoms with Gasteiger partial charge in [0.1, 0.15) is 5.71 Å². The molecule has 0 fully saturated rings. The number of para-hydroxylation sites is 2. The van der Waals surface area contributed by atoms with Gasteiger partial charge >= 0.3 is 0 Å². The summed E-state index contributed by atoms with van der Waals surface area (Å²) in [6, 6.07) is 17.5. The normalized spacial score (nSPS) is 12.0. The number of nitrogens with zero attached hydrogens (tertiary/aromatic N) is 2. The molecule has 0 aliphatic carbocycles. The Morgan fingerprint density at radius 3 is 1.25 bits per heavy atom. The predicted octanol–water partition coefficient (Wildman–Crippen LogP) is 19.3. The summed E-state index contributed by atoms with van der Waals surface area (Å²) >= 11 is 0. The van der Waals surface area contributed by atoms with Crippen LogP contribution in [-0.2, 0) is 29.3 Å². The molecule has 2 aromatic carbocycles. The van der Waals surface area contributed by atoms with Gasteiger partial charge in [-0.05, 0) is 113 Å². The average Bonchev–Trinajstić information content (AvgIpc) is 3.27. The zero-order valence-corrected chi connectivity index (χ0v) is 41.2. The van der Waals surface area contributed by atoms with Crippen molar-refractivity contribution in [1.82, 2.24) is 0 Å². The van der Waals surface area contributed by atoms with Gasteiger partial charge in [0.25, 0.3) is 0 Å². The summed E-state index contributed by atoms with van der Waals surface area (Å²) in [5.41, 5.74) is 6.66. The van der Waals surface area contributed by atoms with E-state index in [1.165, 1.54) is 152 Å². The minimum absolute atomic E-state index is 0. The summed E-state index contributed by atoms with van der Waals surface area (Å²) in [5.74, 6) is 7.04. The van der Waals surface area contributed by atoms with Gasteiger partial charge in [-0.3, -0.25) is 4.99 Å². The molecular weight excluding hydrogens is 783 g/mol. The zero-order chi connectivity index (χ0) is 42.8. The molecule has 0 atom stereocenters. The van der Waals surface area contributed by atoms with Crippen LogP contribution in [0.1, 0.15) is 244 Å². The molecule has 2 nitrogen and oxygen atoms in total. The third kappa shape index (κ3) is 30.9. The van der Waals surface area contributed by atoms with Crippen molar-refractivity contribution in [2.24, 2.45) is 9.98 Å². The fraction of sp³-hybridized carbons (Fsp3) is 0.655. The summed E-state index contributed by atoms with van der Waals surface area (Å²) in [6.07, 6.45) is 52.9. The Morgan fingerprint density at radius 1 is 0.426 bits per heavy atom. The molecule has 0 N–H and O–H groups in total.